The highest BCUT2D eigenvalue weighted by Gasteiger charge is 2.38. The maximum atomic E-state index is 14.5. The summed E-state index contributed by atoms with van der Waals surface area (Å²) in [7, 11) is 0. The Morgan fingerprint density at radius 3 is 2.64 bits per heavy atom. The lowest BCUT2D eigenvalue weighted by Gasteiger charge is -2.29. The summed E-state index contributed by atoms with van der Waals surface area (Å²) in [5, 5.41) is 9.87. The number of nitrogens with one attached hydrogen (secondary N) is 2. The molecule has 0 bridgehead atoms. The molecule has 1 aliphatic heterocycles. The van der Waals surface area contributed by atoms with E-state index in [1.54, 1.807) is 6.92 Å². The van der Waals surface area contributed by atoms with Gasteiger partial charge in [-0.05, 0) is 25.5 Å². The molecule has 3 rings (SSSR count). The molecule has 0 radical (unpaired) electrons. The second-order valence-electron chi connectivity index (χ2n) is 5.76. The first-order chi connectivity index (χ1) is 12.1. The van der Waals surface area contributed by atoms with E-state index in [0.717, 1.165) is 6.42 Å². The number of rotatable bonds is 5. The van der Waals surface area contributed by atoms with Crippen LogP contribution in [0.25, 0.3) is 0 Å². The summed E-state index contributed by atoms with van der Waals surface area (Å²) in [5.41, 5.74) is 1.14. The lowest BCUT2D eigenvalue weighted by molar-refractivity contribution is -0.138. The maximum Gasteiger partial charge on any atom is 0.336 e. The summed E-state index contributed by atoms with van der Waals surface area (Å²) >= 11 is 0. The van der Waals surface area contributed by atoms with E-state index in [4.69, 9.17) is 4.74 Å². The van der Waals surface area contributed by atoms with Gasteiger partial charge in [0.05, 0.1) is 24.3 Å². The van der Waals surface area contributed by atoms with Gasteiger partial charge in [-0.1, -0.05) is 19.4 Å². The highest BCUT2D eigenvalue weighted by atomic mass is 19.1. The molecular weight excluding hydrogens is 328 g/mol. The van der Waals surface area contributed by atoms with E-state index >= 15 is 0 Å². The standard InChI is InChI=1S/C18H19F2N3O2/c1-3-6-13-16(18(24)25-4-2)14(10-9-21-23-17(10)22-13)15-11(19)7-5-8-12(15)20/h5,7-9,14H,3-4,6H2,1-2H3,(H2,21,22,23). The molecule has 1 aromatic carbocycles. The van der Waals surface area contributed by atoms with Crippen molar-refractivity contribution < 1.29 is 18.3 Å². The van der Waals surface area contributed by atoms with Gasteiger partial charge in [0.1, 0.15) is 17.5 Å². The minimum Gasteiger partial charge on any atom is -0.463 e. The molecule has 0 spiro atoms. The van der Waals surface area contributed by atoms with Crippen LogP contribution < -0.4 is 5.32 Å². The minimum absolute atomic E-state index is 0.173. The van der Waals surface area contributed by atoms with Crippen molar-refractivity contribution in [1.82, 2.24) is 10.2 Å². The van der Waals surface area contributed by atoms with Gasteiger partial charge in [0.25, 0.3) is 0 Å². The zero-order chi connectivity index (χ0) is 18.0. The summed E-state index contributed by atoms with van der Waals surface area (Å²) in [6, 6.07) is 3.66. The predicted octanol–water partition coefficient (Wildman–Crippen LogP) is 3.86. The number of hydrogen-bond donors (Lipinski definition) is 2. The van der Waals surface area contributed by atoms with E-state index in [-0.39, 0.29) is 17.7 Å². The second kappa shape index (κ2) is 7.04. The van der Waals surface area contributed by atoms with E-state index in [2.05, 4.69) is 15.5 Å². The first-order valence-corrected chi connectivity index (χ1v) is 8.22. The molecular formula is C18H19F2N3O2. The number of aromatic nitrogens is 2. The number of esters is 1. The van der Waals surface area contributed by atoms with Gasteiger partial charge in [-0.3, -0.25) is 5.10 Å². The fourth-order valence-corrected chi connectivity index (χ4v) is 3.15. The first-order valence-electron chi connectivity index (χ1n) is 8.22. The van der Waals surface area contributed by atoms with Crippen molar-refractivity contribution in [1.29, 1.82) is 0 Å². The molecule has 1 aromatic heterocycles. The number of allylic oxidation sites excluding steroid dienone is 1. The van der Waals surface area contributed by atoms with Crippen molar-refractivity contribution in [2.45, 2.75) is 32.6 Å². The average Bonchev–Trinajstić information content (AvgIpc) is 3.03. The van der Waals surface area contributed by atoms with Gasteiger partial charge in [0.15, 0.2) is 0 Å². The van der Waals surface area contributed by atoms with Gasteiger partial charge in [-0.15, -0.1) is 0 Å². The van der Waals surface area contributed by atoms with Crippen LogP contribution in [0.4, 0.5) is 14.6 Å². The van der Waals surface area contributed by atoms with Crippen LogP contribution in [-0.2, 0) is 9.53 Å². The monoisotopic (exact) mass is 347 g/mol. The summed E-state index contributed by atoms with van der Waals surface area (Å²) in [4.78, 5) is 12.6. The number of halogens is 2. The third-order valence-corrected chi connectivity index (χ3v) is 4.15. The number of aromatic amines is 1. The minimum atomic E-state index is -0.920. The number of ether oxygens (including phenoxy) is 1. The van der Waals surface area contributed by atoms with Gasteiger partial charge < -0.3 is 10.1 Å². The summed E-state index contributed by atoms with van der Waals surface area (Å²) in [6.45, 7) is 3.82. The molecule has 132 valence electrons. The SMILES string of the molecule is CCCC1=C(C(=O)OCC)C(c2c(F)cccc2F)c2cn[nH]c2N1. The highest BCUT2D eigenvalue weighted by molar-refractivity contribution is 5.94. The van der Waals surface area contributed by atoms with Gasteiger partial charge in [-0.25, -0.2) is 13.6 Å². The molecule has 5 nitrogen and oxygen atoms in total. The molecule has 0 fully saturated rings. The van der Waals surface area contributed by atoms with E-state index < -0.39 is 23.5 Å². The third kappa shape index (κ3) is 3.01. The fraction of sp³-hybridized carbons (Fsp3) is 0.333. The van der Waals surface area contributed by atoms with Crippen molar-refractivity contribution in [2.75, 3.05) is 11.9 Å². The van der Waals surface area contributed by atoms with Crippen molar-refractivity contribution in [3.05, 3.63) is 58.4 Å². The van der Waals surface area contributed by atoms with E-state index in [1.165, 1.54) is 24.4 Å². The van der Waals surface area contributed by atoms with Crippen LogP contribution in [0.1, 0.15) is 43.7 Å². The molecule has 0 saturated heterocycles. The third-order valence-electron chi connectivity index (χ3n) is 4.15. The number of benzene rings is 1. The topological polar surface area (TPSA) is 67.0 Å². The van der Waals surface area contributed by atoms with Crippen LogP contribution in [-0.4, -0.2) is 22.8 Å². The molecule has 1 unspecified atom stereocenters. The van der Waals surface area contributed by atoms with Crippen molar-refractivity contribution in [3.8, 4) is 0 Å². The largest absolute Gasteiger partial charge is 0.463 e. The van der Waals surface area contributed by atoms with Gasteiger partial charge >= 0.3 is 5.97 Å². The Morgan fingerprint density at radius 1 is 1.28 bits per heavy atom. The summed E-state index contributed by atoms with van der Waals surface area (Å²) < 4.78 is 34.2. The highest BCUT2D eigenvalue weighted by Crippen LogP contribution is 2.43. The van der Waals surface area contributed by atoms with E-state index in [9.17, 15) is 13.6 Å². The predicted molar refractivity (Wildman–Crippen MR) is 89.0 cm³/mol. The van der Waals surface area contributed by atoms with Crippen molar-refractivity contribution in [3.63, 3.8) is 0 Å². The number of nitrogens with zero attached hydrogens (tertiary/aromatic N) is 1. The Labute approximate surface area is 144 Å². The second-order valence-corrected chi connectivity index (χ2v) is 5.76. The Kier molecular flexibility index (Phi) is 4.83. The van der Waals surface area contributed by atoms with E-state index in [1.807, 2.05) is 6.92 Å². The fourth-order valence-electron chi connectivity index (χ4n) is 3.15. The number of hydrogen-bond acceptors (Lipinski definition) is 4. The van der Waals surface area contributed by atoms with Crippen LogP contribution in [0.3, 0.4) is 0 Å². The Morgan fingerprint density at radius 2 is 2.00 bits per heavy atom. The smallest absolute Gasteiger partial charge is 0.336 e. The van der Waals surface area contributed by atoms with Crippen molar-refractivity contribution >= 4 is 11.8 Å². The zero-order valence-electron chi connectivity index (χ0n) is 14.0. The number of anilines is 1. The average molecular weight is 347 g/mol. The molecule has 2 heterocycles. The summed E-state index contributed by atoms with van der Waals surface area (Å²) in [5.74, 6) is -2.40. The van der Waals surface area contributed by atoms with Crippen LogP contribution in [0.2, 0.25) is 0 Å². The normalized spacial score (nSPS) is 16.4. The molecule has 1 atom stereocenters. The van der Waals surface area contributed by atoms with Gasteiger partial charge in [0, 0.05) is 16.8 Å². The number of fused-ring (bicyclic) bond motifs is 1. The quantitative estimate of drug-likeness (QED) is 0.806. The molecule has 2 aromatic rings. The van der Waals surface area contributed by atoms with Gasteiger partial charge in [0.2, 0.25) is 0 Å². The van der Waals surface area contributed by atoms with Crippen LogP contribution in [0, 0.1) is 11.6 Å². The number of carbonyl (C=O) groups excluding carboxylic acids is 1. The van der Waals surface area contributed by atoms with Gasteiger partial charge in [-0.2, -0.15) is 5.10 Å². The van der Waals surface area contributed by atoms with Crippen LogP contribution in [0.15, 0.2) is 35.7 Å². The first kappa shape index (κ1) is 17.1. The van der Waals surface area contributed by atoms with E-state index in [0.29, 0.717) is 23.5 Å². The molecule has 0 amide bonds. The molecule has 0 saturated carbocycles. The van der Waals surface area contributed by atoms with Crippen LogP contribution in [0.5, 0.6) is 0 Å². The zero-order valence-corrected chi connectivity index (χ0v) is 14.0. The number of H-pyrrole nitrogens is 1. The molecule has 0 aliphatic carbocycles. The van der Waals surface area contributed by atoms with Crippen LogP contribution >= 0.6 is 0 Å². The molecule has 1 aliphatic rings. The Bertz CT molecular complexity index is 809. The molecule has 2 N–H and O–H groups in total. The Balaban J connectivity index is 2.25. The lowest BCUT2D eigenvalue weighted by Crippen LogP contribution is -2.26. The number of carbonyl (C=O) groups is 1. The molecule has 7 heteroatoms. The molecule has 25 heavy (non-hydrogen) atoms. The van der Waals surface area contributed by atoms with Crippen molar-refractivity contribution in [2.24, 2.45) is 0 Å². The maximum absolute atomic E-state index is 14.5. The lowest BCUT2D eigenvalue weighted by atomic mass is 9.81. The Hall–Kier alpha value is -2.70. The summed E-state index contributed by atoms with van der Waals surface area (Å²) in [6.07, 6.45) is 2.77.